The molecule has 4 heterocycles. The van der Waals surface area contributed by atoms with Gasteiger partial charge in [0.05, 0.1) is 5.69 Å². The Morgan fingerprint density at radius 3 is 2.65 bits per heavy atom. The Labute approximate surface area is 190 Å². The first-order valence-electron chi connectivity index (χ1n) is 9.06. The summed E-state index contributed by atoms with van der Waals surface area (Å²) in [6.07, 6.45) is 3.08. The molecule has 0 saturated carbocycles. The number of pyridine rings is 1. The molecule has 164 valence electrons. The first-order chi connectivity index (χ1) is 14.1. The van der Waals surface area contributed by atoms with Crippen molar-refractivity contribution >= 4 is 48.3 Å². The van der Waals surface area contributed by atoms with Crippen molar-refractivity contribution in [2.45, 2.75) is 19.8 Å². The molecule has 12 heteroatoms. The van der Waals surface area contributed by atoms with E-state index in [1.54, 1.807) is 30.3 Å². The molecule has 0 aliphatic heterocycles. The summed E-state index contributed by atoms with van der Waals surface area (Å²) in [4.78, 5) is 24.7. The van der Waals surface area contributed by atoms with Gasteiger partial charge < -0.3 is 14.8 Å². The molecule has 4 rings (SSSR count). The van der Waals surface area contributed by atoms with Crippen LogP contribution in [0.1, 0.15) is 17.1 Å². The molecule has 0 bridgehead atoms. The van der Waals surface area contributed by atoms with Gasteiger partial charge in [-0.05, 0) is 31.9 Å². The summed E-state index contributed by atoms with van der Waals surface area (Å²) in [7, 11) is 1.81. The van der Waals surface area contributed by atoms with Crippen molar-refractivity contribution in [1.82, 2.24) is 30.3 Å². The van der Waals surface area contributed by atoms with Crippen molar-refractivity contribution in [3.63, 3.8) is 0 Å². The first kappa shape index (κ1) is 23.9. The molecule has 0 aromatic carbocycles. The molecule has 3 N–H and O–H groups in total. The van der Waals surface area contributed by atoms with Crippen LogP contribution in [0.4, 0.5) is 23.5 Å². The van der Waals surface area contributed by atoms with Gasteiger partial charge in [0.2, 0.25) is 17.4 Å². The lowest BCUT2D eigenvalue weighted by atomic mass is 10.2. The number of aryl methyl sites for hydroxylation is 3. The number of aromatic nitrogens is 6. The van der Waals surface area contributed by atoms with Crippen molar-refractivity contribution < 1.29 is 4.52 Å². The predicted molar refractivity (Wildman–Crippen MR) is 122 cm³/mol. The summed E-state index contributed by atoms with van der Waals surface area (Å²) in [6, 6.07) is 10.6. The molecule has 0 unspecified atom stereocenters. The van der Waals surface area contributed by atoms with Crippen LogP contribution in [-0.4, -0.2) is 37.4 Å². The van der Waals surface area contributed by atoms with Gasteiger partial charge in [-0.2, -0.15) is 10.1 Å². The summed E-state index contributed by atoms with van der Waals surface area (Å²) >= 11 is 0. The highest BCUT2D eigenvalue weighted by molar-refractivity contribution is 5.85. The minimum absolute atomic E-state index is 0. The Kier molecular flexibility index (Phi) is 8.17. The summed E-state index contributed by atoms with van der Waals surface area (Å²) in [5.74, 6) is 2.27. The van der Waals surface area contributed by atoms with Crippen molar-refractivity contribution in [3.8, 4) is 0 Å². The summed E-state index contributed by atoms with van der Waals surface area (Å²) < 4.78 is 5.25. The normalized spacial score (nSPS) is 10.1. The molecule has 31 heavy (non-hydrogen) atoms. The van der Waals surface area contributed by atoms with Gasteiger partial charge in [0.15, 0.2) is 5.82 Å². The van der Waals surface area contributed by atoms with Crippen LogP contribution in [0.3, 0.4) is 0 Å². The van der Waals surface area contributed by atoms with Crippen molar-refractivity contribution in [2.75, 3.05) is 17.3 Å². The zero-order valence-electron chi connectivity index (χ0n) is 16.8. The van der Waals surface area contributed by atoms with Crippen LogP contribution in [0.5, 0.6) is 0 Å². The number of aromatic amines is 2. The van der Waals surface area contributed by atoms with Crippen LogP contribution < -0.4 is 15.8 Å². The van der Waals surface area contributed by atoms with E-state index in [1.807, 2.05) is 25.1 Å². The average molecular weight is 465 g/mol. The molecule has 0 saturated heterocycles. The number of nitrogens with one attached hydrogen (secondary N) is 3. The second-order valence-corrected chi connectivity index (χ2v) is 6.55. The minimum Gasteiger partial charge on any atom is -0.338 e. The lowest BCUT2D eigenvalue weighted by molar-refractivity contribution is 0.420. The van der Waals surface area contributed by atoms with E-state index >= 15 is 0 Å². The van der Waals surface area contributed by atoms with Gasteiger partial charge >= 0.3 is 0 Å². The maximum atomic E-state index is 11.4. The quantitative estimate of drug-likeness (QED) is 0.379. The number of anilines is 4. The highest BCUT2D eigenvalue weighted by atomic mass is 35.5. The molecular weight excluding hydrogens is 443 g/mol. The topological polar surface area (TPSA) is 129 Å². The molecule has 10 nitrogen and oxygen atoms in total. The van der Waals surface area contributed by atoms with Crippen LogP contribution in [-0.2, 0) is 12.8 Å². The molecule has 0 fully saturated rings. The van der Waals surface area contributed by atoms with E-state index in [0.29, 0.717) is 29.9 Å². The van der Waals surface area contributed by atoms with Crippen molar-refractivity contribution in [2.24, 2.45) is 0 Å². The number of H-pyrrole nitrogens is 2. The van der Waals surface area contributed by atoms with Gasteiger partial charge in [-0.1, -0.05) is 11.2 Å². The SMILES string of the molecule is Cc1cc(N(C)c2nccc(Nc3cc(CCc4cccc(=O)[nH]4)[nH]n3)n2)on1.Cl.Cl. The number of nitrogens with zero attached hydrogens (tertiary/aromatic N) is 5. The fourth-order valence-electron chi connectivity index (χ4n) is 2.78. The van der Waals surface area contributed by atoms with Crippen molar-refractivity contribution in [1.29, 1.82) is 0 Å². The van der Waals surface area contributed by atoms with E-state index in [0.717, 1.165) is 23.5 Å². The maximum absolute atomic E-state index is 11.4. The summed E-state index contributed by atoms with van der Waals surface area (Å²) in [5, 5.41) is 14.3. The number of rotatable bonds is 7. The number of halogens is 2. The molecular formula is C19H22Cl2N8O2. The molecule has 0 spiro atoms. The lowest BCUT2D eigenvalue weighted by Crippen LogP contribution is -2.12. The van der Waals surface area contributed by atoms with Crippen LogP contribution in [0, 0.1) is 6.92 Å². The van der Waals surface area contributed by atoms with Crippen LogP contribution >= 0.6 is 24.8 Å². The Hall–Kier alpha value is -3.37. The third-order valence-corrected chi connectivity index (χ3v) is 4.27. The molecule has 4 aromatic heterocycles. The van der Waals surface area contributed by atoms with E-state index in [1.165, 1.54) is 6.07 Å². The lowest BCUT2D eigenvalue weighted by Gasteiger charge is -2.13. The maximum Gasteiger partial charge on any atom is 0.248 e. The van der Waals surface area contributed by atoms with Gasteiger partial charge in [0, 0.05) is 42.8 Å². The van der Waals surface area contributed by atoms with E-state index in [9.17, 15) is 4.79 Å². The van der Waals surface area contributed by atoms with Gasteiger partial charge in [-0.3, -0.25) is 14.8 Å². The third-order valence-electron chi connectivity index (χ3n) is 4.27. The molecule has 0 radical (unpaired) electrons. The largest absolute Gasteiger partial charge is 0.338 e. The van der Waals surface area contributed by atoms with Crippen LogP contribution in [0.25, 0.3) is 0 Å². The molecule has 0 aliphatic rings. The Morgan fingerprint density at radius 2 is 1.90 bits per heavy atom. The zero-order chi connectivity index (χ0) is 20.2. The van der Waals surface area contributed by atoms with Gasteiger partial charge in [0.1, 0.15) is 5.82 Å². The fraction of sp³-hybridized carbons (Fsp3) is 0.211. The highest BCUT2D eigenvalue weighted by Crippen LogP contribution is 2.22. The fourth-order valence-corrected chi connectivity index (χ4v) is 2.78. The third kappa shape index (κ3) is 6.06. The summed E-state index contributed by atoms with van der Waals surface area (Å²) in [6.45, 7) is 1.85. The van der Waals surface area contributed by atoms with Crippen molar-refractivity contribution in [3.05, 3.63) is 70.0 Å². The Morgan fingerprint density at radius 1 is 1.10 bits per heavy atom. The monoisotopic (exact) mass is 464 g/mol. The zero-order valence-corrected chi connectivity index (χ0v) is 18.5. The van der Waals surface area contributed by atoms with E-state index < -0.39 is 0 Å². The standard InChI is InChI=1S/C19H20N8O2.2ClH/c1-12-10-18(29-26-12)27(2)19-20-9-8-15(23-19)22-16-11-14(24-25-16)7-6-13-4-3-5-17(28)21-13;;/h3-5,8-11H,6-7H2,1-2H3,(H,21,28)(H2,20,22,23,24,25);2*1H. The van der Waals surface area contributed by atoms with E-state index in [-0.39, 0.29) is 30.4 Å². The molecule has 0 atom stereocenters. The van der Waals surface area contributed by atoms with Gasteiger partial charge in [-0.25, -0.2) is 4.98 Å². The van der Waals surface area contributed by atoms with E-state index in [4.69, 9.17) is 4.52 Å². The number of hydrogen-bond acceptors (Lipinski definition) is 8. The Balaban J connectivity index is 0.00000171. The second-order valence-electron chi connectivity index (χ2n) is 6.55. The predicted octanol–water partition coefficient (Wildman–Crippen LogP) is 3.32. The smallest absolute Gasteiger partial charge is 0.248 e. The molecule has 0 aliphatic carbocycles. The first-order valence-corrected chi connectivity index (χ1v) is 9.06. The highest BCUT2D eigenvalue weighted by Gasteiger charge is 2.13. The number of hydrogen-bond donors (Lipinski definition) is 3. The van der Waals surface area contributed by atoms with E-state index in [2.05, 4.69) is 35.6 Å². The van der Waals surface area contributed by atoms with Gasteiger partial charge in [0.25, 0.3) is 0 Å². The Bertz CT molecular complexity index is 1170. The van der Waals surface area contributed by atoms with Gasteiger partial charge in [-0.15, -0.1) is 24.8 Å². The van der Waals surface area contributed by atoms with Crippen LogP contribution in [0.15, 0.2) is 51.9 Å². The second kappa shape index (κ2) is 10.6. The molecule has 4 aromatic rings. The van der Waals surface area contributed by atoms with Crippen LogP contribution in [0.2, 0.25) is 0 Å². The minimum atomic E-state index is -0.0977. The molecule has 0 amide bonds. The summed E-state index contributed by atoms with van der Waals surface area (Å²) in [5.41, 5.74) is 2.51. The average Bonchev–Trinajstić information content (AvgIpc) is 3.35.